The molecule has 2 heterocycles. The lowest BCUT2D eigenvalue weighted by atomic mass is 10.0. The van der Waals surface area contributed by atoms with E-state index in [0.717, 1.165) is 47.1 Å². The summed E-state index contributed by atoms with van der Waals surface area (Å²) in [6.07, 6.45) is 2.66. The molecule has 1 aliphatic heterocycles. The summed E-state index contributed by atoms with van der Waals surface area (Å²) in [5.41, 5.74) is 4.62. The molecule has 2 amide bonds. The third-order valence-electron chi connectivity index (χ3n) is 5.08. The van der Waals surface area contributed by atoms with Gasteiger partial charge in [-0.25, -0.2) is 0 Å². The molecule has 0 N–H and O–H groups in total. The van der Waals surface area contributed by atoms with Crippen molar-refractivity contribution in [2.75, 3.05) is 26.7 Å². The van der Waals surface area contributed by atoms with Crippen molar-refractivity contribution in [3.63, 3.8) is 0 Å². The summed E-state index contributed by atoms with van der Waals surface area (Å²) < 4.78 is 0. The van der Waals surface area contributed by atoms with Crippen molar-refractivity contribution in [2.24, 2.45) is 0 Å². The molecule has 0 atom stereocenters. The van der Waals surface area contributed by atoms with Crippen molar-refractivity contribution >= 4 is 22.7 Å². The average Bonchev–Trinajstić information content (AvgIpc) is 2.60. The predicted molar refractivity (Wildman–Crippen MR) is 103 cm³/mol. The van der Waals surface area contributed by atoms with Crippen LogP contribution in [0.2, 0.25) is 0 Å². The first kappa shape index (κ1) is 18.4. The summed E-state index contributed by atoms with van der Waals surface area (Å²) in [7, 11) is 1.81. The summed E-state index contributed by atoms with van der Waals surface area (Å²) >= 11 is 0. The van der Waals surface area contributed by atoms with Crippen LogP contribution in [-0.4, -0.2) is 53.3 Å². The number of amides is 2. The van der Waals surface area contributed by atoms with Crippen molar-refractivity contribution in [1.29, 1.82) is 0 Å². The minimum Gasteiger partial charge on any atom is -0.341 e. The largest absolute Gasteiger partial charge is 0.341 e. The van der Waals surface area contributed by atoms with E-state index < -0.39 is 0 Å². The van der Waals surface area contributed by atoms with Crippen LogP contribution in [0.1, 0.15) is 46.4 Å². The Kier molecular flexibility index (Phi) is 5.25. The van der Waals surface area contributed by atoms with Gasteiger partial charge in [-0.3, -0.25) is 14.6 Å². The van der Waals surface area contributed by atoms with Gasteiger partial charge in [-0.15, -0.1) is 0 Å². The summed E-state index contributed by atoms with van der Waals surface area (Å²) in [6, 6.07) is 5.99. The number of nitrogens with zero attached hydrogens (tertiary/aromatic N) is 3. The van der Waals surface area contributed by atoms with Crippen LogP contribution in [0.4, 0.5) is 0 Å². The van der Waals surface area contributed by atoms with Gasteiger partial charge < -0.3 is 9.80 Å². The van der Waals surface area contributed by atoms with Crippen LogP contribution in [0.15, 0.2) is 18.2 Å². The fourth-order valence-corrected chi connectivity index (χ4v) is 3.66. The molecule has 0 saturated carbocycles. The van der Waals surface area contributed by atoms with Gasteiger partial charge in [0.1, 0.15) is 0 Å². The van der Waals surface area contributed by atoms with Crippen molar-refractivity contribution in [1.82, 2.24) is 14.8 Å². The van der Waals surface area contributed by atoms with E-state index in [4.69, 9.17) is 0 Å². The molecule has 0 radical (unpaired) electrons. The van der Waals surface area contributed by atoms with Gasteiger partial charge in [-0.1, -0.05) is 11.6 Å². The molecule has 1 aromatic heterocycles. The second-order valence-corrected chi connectivity index (χ2v) is 7.35. The van der Waals surface area contributed by atoms with Gasteiger partial charge in [-0.05, 0) is 51.3 Å². The fraction of sp³-hybridized carbons (Fsp3) is 0.476. The molecule has 0 unspecified atom stereocenters. The molecule has 5 nitrogen and oxygen atoms in total. The number of hydrogen-bond acceptors (Lipinski definition) is 3. The summed E-state index contributed by atoms with van der Waals surface area (Å²) in [5.74, 6) is 0.184. The third kappa shape index (κ3) is 3.71. The van der Waals surface area contributed by atoms with E-state index in [1.165, 1.54) is 0 Å². The summed E-state index contributed by atoms with van der Waals surface area (Å²) in [5, 5.41) is 0.902. The number of aromatic nitrogens is 1. The van der Waals surface area contributed by atoms with Gasteiger partial charge in [0.25, 0.3) is 5.91 Å². The van der Waals surface area contributed by atoms with E-state index in [9.17, 15) is 9.59 Å². The maximum absolute atomic E-state index is 13.1. The maximum atomic E-state index is 13.1. The highest BCUT2D eigenvalue weighted by atomic mass is 16.2. The van der Waals surface area contributed by atoms with E-state index in [1.54, 1.807) is 11.9 Å². The first-order chi connectivity index (χ1) is 12.4. The van der Waals surface area contributed by atoms with Crippen LogP contribution < -0.4 is 0 Å². The molecule has 26 heavy (non-hydrogen) atoms. The highest BCUT2D eigenvalue weighted by Crippen LogP contribution is 2.24. The molecule has 3 rings (SSSR count). The van der Waals surface area contributed by atoms with E-state index >= 15 is 0 Å². The highest BCUT2D eigenvalue weighted by Gasteiger charge is 2.21. The lowest BCUT2D eigenvalue weighted by molar-refractivity contribution is -0.133. The first-order valence-electron chi connectivity index (χ1n) is 9.28. The van der Waals surface area contributed by atoms with Crippen LogP contribution in [-0.2, 0) is 4.79 Å². The summed E-state index contributed by atoms with van der Waals surface area (Å²) in [4.78, 5) is 33.3. The molecule has 1 saturated heterocycles. The molecule has 1 aromatic carbocycles. The minimum absolute atomic E-state index is 0.0186. The molecule has 0 spiro atoms. The Morgan fingerprint density at radius 2 is 1.96 bits per heavy atom. The fourth-order valence-electron chi connectivity index (χ4n) is 3.66. The molecule has 1 fully saturated rings. The van der Waals surface area contributed by atoms with E-state index in [0.29, 0.717) is 25.1 Å². The lowest BCUT2D eigenvalue weighted by Gasteiger charge is -2.29. The quantitative estimate of drug-likeness (QED) is 0.848. The zero-order valence-electron chi connectivity index (χ0n) is 16.1. The molecule has 0 aliphatic carbocycles. The van der Waals surface area contributed by atoms with Gasteiger partial charge in [0.05, 0.1) is 11.1 Å². The molecule has 5 heteroatoms. The molecule has 1 aliphatic rings. The van der Waals surface area contributed by atoms with Gasteiger partial charge in [0.2, 0.25) is 5.91 Å². The number of likely N-dealkylation sites (tertiary alicyclic amines) is 1. The van der Waals surface area contributed by atoms with Crippen LogP contribution in [0.25, 0.3) is 10.9 Å². The van der Waals surface area contributed by atoms with Crippen molar-refractivity contribution in [3.05, 3.63) is 40.6 Å². The lowest BCUT2D eigenvalue weighted by Crippen LogP contribution is -2.41. The van der Waals surface area contributed by atoms with Gasteiger partial charge >= 0.3 is 0 Å². The van der Waals surface area contributed by atoms with Crippen LogP contribution in [0.3, 0.4) is 0 Å². The van der Waals surface area contributed by atoms with Gasteiger partial charge in [0.15, 0.2) is 0 Å². The second kappa shape index (κ2) is 7.44. The average molecular weight is 353 g/mol. The number of aryl methyl sites for hydroxylation is 3. The van der Waals surface area contributed by atoms with Crippen LogP contribution in [0.5, 0.6) is 0 Å². The SMILES string of the molecule is Cc1cc(C)c2nc(C)cc(C(=O)N(C)CCN3CCCCC3=O)c2c1. The van der Waals surface area contributed by atoms with E-state index in [-0.39, 0.29) is 11.8 Å². The predicted octanol–water partition coefficient (Wildman–Crippen LogP) is 3.24. The second-order valence-electron chi connectivity index (χ2n) is 7.35. The smallest absolute Gasteiger partial charge is 0.254 e. The van der Waals surface area contributed by atoms with Crippen LogP contribution in [0, 0.1) is 20.8 Å². The number of pyridine rings is 1. The van der Waals surface area contributed by atoms with E-state index in [1.807, 2.05) is 37.8 Å². The molecular weight excluding hydrogens is 326 g/mol. The highest BCUT2D eigenvalue weighted by molar-refractivity contribution is 6.07. The number of fused-ring (bicyclic) bond motifs is 1. The Morgan fingerprint density at radius 1 is 1.19 bits per heavy atom. The molecule has 138 valence electrons. The maximum Gasteiger partial charge on any atom is 0.254 e. The summed E-state index contributed by atoms with van der Waals surface area (Å²) in [6.45, 7) is 7.92. The standard InChI is InChI=1S/C21H27N3O2/c1-14-11-15(2)20-17(12-14)18(13-16(3)22-20)21(26)23(4)9-10-24-8-6-5-7-19(24)25/h11-13H,5-10H2,1-4H3. The monoisotopic (exact) mass is 353 g/mol. The normalized spacial score (nSPS) is 14.8. The topological polar surface area (TPSA) is 53.5 Å². The van der Waals surface area contributed by atoms with Gasteiger partial charge in [-0.2, -0.15) is 0 Å². The zero-order valence-corrected chi connectivity index (χ0v) is 16.1. The number of likely N-dealkylation sites (N-methyl/N-ethyl adjacent to an activating group) is 1. The Hall–Kier alpha value is -2.43. The van der Waals surface area contributed by atoms with Crippen LogP contribution >= 0.6 is 0 Å². The van der Waals surface area contributed by atoms with Crippen molar-refractivity contribution in [3.8, 4) is 0 Å². The van der Waals surface area contributed by atoms with Crippen molar-refractivity contribution in [2.45, 2.75) is 40.0 Å². The first-order valence-corrected chi connectivity index (χ1v) is 9.28. The van der Waals surface area contributed by atoms with E-state index in [2.05, 4.69) is 11.1 Å². The van der Waals surface area contributed by atoms with Gasteiger partial charge in [0, 0.05) is 44.2 Å². The zero-order chi connectivity index (χ0) is 18.8. The number of carbonyl (C=O) groups is 2. The Balaban J connectivity index is 1.83. The minimum atomic E-state index is -0.0186. The Labute approximate surface area is 155 Å². The van der Waals surface area contributed by atoms with Crippen molar-refractivity contribution < 1.29 is 9.59 Å². The number of rotatable bonds is 4. The number of piperidine rings is 1. The molecule has 2 aromatic rings. The number of carbonyl (C=O) groups excluding carboxylic acids is 2. The number of benzene rings is 1. The third-order valence-corrected chi connectivity index (χ3v) is 5.08. The Bertz CT molecular complexity index is 860. The molecule has 0 bridgehead atoms. The number of hydrogen-bond donors (Lipinski definition) is 0. The molecular formula is C21H27N3O2. The Morgan fingerprint density at radius 3 is 2.69 bits per heavy atom.